The molecule has 250 valence electrons. The molecule has 0 aromatic rings. The van der Waals surface area contributed by atoms with Crippen LogP contribution in [0.1, 0.15) is 121 Å². The summed E-state index contributed by atoms with van der Waals surface area (Å²) in [6.45, 7) is 20.3. The van der Waals surface area contributed by atoms with E-state index in [1.807, 2.05) is 27.7 Å². The lowest BCUT2D eigenvalue weighted by molar-refractivity contribution is -0.284. The van der Waals surface area contributed by atoms with Crippen molar-refractivity contribution in [3.8, 4) is 0 Å². The minimum Gasteiger partial charge on any atom is -0.459 e. The second kappa shape index (κ2) is 10.6. The largest absolute Gasteiger partial charge is 0.459 e. The van der Waals surface area contributed by atoms with Crippen LogP contribution in [0, 0.1) is 56.2 Å². The Kier molecular flexibility index (Phi) is 8.22. The van der Waals surface area contributed by atoms with Crippen LogP contribution in [0.4, 0.5) is 0 Å². The predicted molar refractivity (Wildman–Crippen MR) is 169 cm³/mol. The Labute approximate surface area is 265 Å². The highest BCUT2D eigenvalue weighted by atomic mass is 16.6. The first-order chi connectivity index (χ1) is 20.2. The van der Waals surface area contributed by atoms with E-state index in [2.05, 4.69) is 40.7 Å². The number of ether oxygens (including phenoxy) is 1. The number of carbonyl (C=O) groups is 2. The molecule has 13 atom stereocenters. The van der Waals surface area contributed by atoms with Crippen molar-refractivity contribution < 1.29 is 34.8 Å². The summed E-state index contributed by atoms with van der Waals surface area (Å²) < 4.78 is 5.95. The second-order valence-corrected chi connectivity index (χ2v) is 17.7. The van der Waals surface area contributed by atoms with Crippen LogP contribution >= 0.6 is 0 Å². The molecule has 5 rings (SSSR count). The molecule has 0 aromatic heterocycles. The molecular weight excluding hydrogens is 556 g/mol. The highest BCUT2D eigenvalue weighted by molar-refractivity contribution is 5.82. The van der Waals surface area contributed by atoms with Gasteiger partial charge in [0.25, 0.3) is 0 Å². The number of aliphatic hydroxyl groups is 4. The van der Waals surface area contributed by atoms with Gasteiger partial charge in [-0.25, -0.2) is 0 Å². The Morgan fingerprint density at radius 3 is 2.16 bits per heavy atom. The van der Waals surface area contributed by atoms with Crippen LogP contribution in [0.25, 0.3) is 0 Å². The summed E-state index contributed by atoms with van der Waals surface area (Å²) in [5.41, 5.74) is -2.37. The van der Waals surface area contributed by atoms with Crippen molar-refractivity contribution in [1.29, 1.82) is 0 Å². The monoisotopic (exact) mass is 616 g/mol. The van der Waals surface area contributed by atoms with Gasteiger partial charge in [-0.15, -0.1) is 0 Å². The Hall–Kier alpha value is -1.28. The smallest absolute Gasteiger partial charge is 0.303 e. The van der Waals surface area contributed by atoms with Gasteiger partial charge < -0.3 is 25.2 Å². The third-order valence-electron chi connectivity index (χ3n) is 15.1. The van der Waals surface area contributed by atoms with Crippen LogP contribution in [0.15, 0.2) is 11.6 Å². The summed E-state index contributed by atoms with van der Waals surface area (Å²) in [7, 11) is 0. The summed E-state index contributed by atoms with van der Waals surface area (Å²) in [6.07, 6.45) is 2.45. The van der Waals surface area contributed by atoms with E-state index >= 15 is 0 Å². The molecule has 5 aliphatic rings. The second-order valence-electron chi connectivity index (χ2n) is 17.7. The molecule has 5 aliphatic carbocycles. The van der Waals surface area contributed by atoms with E-state index in [0.29, 0.717) is 18.8 Å². The minimum absolute atomic E-state index is 0.0468. The van der Waals surface area contributed by atoms with Crippen molar-refractivity contribution >= 4 is 11.8 Å². The third kappa shape index (κ3) is 4.27. The van der Waals surface area contributed by atoms with E-state index in [9.17, 15) is 30.0 Å². The van der Waals surface area contributed by atoms with Crippen LogP contribution in [0.3, 0.4) is 0 Å². The number of hydrogen-bond donors (Lipinski definition) is 4. The molecule has 4 fully saturated rings. The van der Waals surface area contributed by atoms with Crippen LogP contribution in [0.2, 0.25) is 0 Å². The van der Waals surface area contributed by atoms with E-state index in [1.54, 1.807) is 0 Å². The van der Waals surface area contributed by atoms with Gasteiger partial charge in [0.1, 0.15) is 11.9 Å². The van der Waals surface area contributed by atoms with Gasteiger partial charge in [0.15, 0.2) is 0 Å². The molecule has 0 radical (unpaired) electrons. The average Bonchev–Trinajstić information content (AvgIpc) is 2.93. The first kappa shape index (κ1) is 34.1. The molecule has 4 N–H and O–H groups in total. The van der Waals surface area contributed by atoms with Crippen LogP contribution < -0.4 is 0 Å². The van der Waals surface area contributed by atoms with Crippen LogP contribution in [0.5, 0.6) is 0 Å². The van der Waals surface area contributed by atoms with Gasteiger partial charge in [-0.05, 0) is 84.4 Å². The number of ketones is 1. The minimum atomic E-state index is -1.39. The Bertz CT molecular complexity index is 1210. The van der Waals surface area contributed by atoms with Gasteiger partial charge in [0, 0.05) is 24.7 Å². The van der Waals surface area contributed by atoms with Gasteiger partial charge in [-0.2, -0.15) is 0 Å². The van der Waals surface area contributed by atoms with Crippen molar-refractivity contribution in [2.45, 2.75) is 151 Å². The number of rotatable bonds is 5. The van der Waals surface area contributed by atoms with Gasteiger partial charge in [0.2, 0.25) is 0 Å². The molecule has 0 amide bonds. The molecule has 7 nitrogen and oxygen atoms in total. The molecule has 0 spiro atoms. The molecule has 0 aliphatic heterocycles. The first-order valence-corrected chi connectivity index (χ1v) is 17.3. The lowest BCUT2D eigenvalue weighted by Crippen LogP contribution is -2.75. The zero-order chi connectivity index (χ0) is 33.0. The number of fused-ring (bicyclic) bond motifs is 7. The fraction of sp³-hybridized carbons (Fsp3) is 0.892. The lowest BCUT2D eigenvalue weighted by Gasteiger charge is -2.73. The third-order valence-corrected chi connectivity index (χ3v) is 15.1. The number of carbonyl (C=O) groups excluding carboxylic acids is 2. The van der Waals surface area contributed by atoms with Gasteiger partial charge in [-0.1, -0.05) is 74.0 Å². The van der Waals surface area contributed by atoms with Crippen molar-refractivity contribution in [1.82, 2.24) is 0 Å². The number of Topliss-reactive ketones (excluding diaryl/α,β-unsaturated/α-hetero) is 1. The normalized spacial score (nSPS) is 49.7. The molecule has 2 unspecified atom stereocenters. The zero-order valence-corrected chi connectivity index (χ0v) is 28.9. The molecule has 0 aromatic carbocycles. The fourth-order valence-electron chi connectivity index (χ4n) is 12.0. The van der Waals surface area contributed by atoms with E-state index in [0.717, 1.165) is 37.7 Å². The Morgan fingerprint density at radius 2 is 1.57 bits per heavy atom. The number of aliphatic hydroxyl groups excluding tert-OH is 4. The van der Waals surface area contributed by atoms with Crippen molar-refractivity contribution in [2.75, 3.05) is 0 Å². The zero-order valence-electron chi connectivity index (χ0n) is 28.9. The number of esters is 1. The van der Waals surface area contributed by atoms with Crippen molar-refractivity contribution in [3.05, 3.63) is 11.6 Å². The standard InChI is InChI=1S/C37H60O7/c1-11-20(2)24(39)19-37-23(18-32(4,5)30(43)31(37)44-21(3)38)22-12-13-26-34(8)16-15-27(40)33(6,7)25(34)14-17-35(26,9)36(22,10)28(41)29(37)42/h12,20,23,25-31,40-43H,11,13-19H2,1-10H3/t20?,23-,25?,26-,27+,28+,29-,30+,31+,34+,35-,36+,37+/m1/s1. The van der Waals surface area contributed by atoms with E-state index in [4.69, 9.17) is 4.74 Å². The summed E-state index contributed by atoms with van der Waals surface area (Å²) >= 11 is 0. The fourth-order valence-corrected chi connectivity index (χ4v) is 12.0. The molecule has 0 heterocycles. The number of allylic oxidation sites excluding steroid dienone is 1. The highest BCUT2D eigenvalue weighted by Crippen LogP contribution is 2.76. The van der Waals surface area contributed by atoms with Crippen LogP contribution in [-0.2, 0) is 14.3 Å². The topological polar surface area (TPSA) is 124 Å². The van der Waals surface area contributed by atoms with Crippen LogP contribution in [-0.4, -0.2) is 62.7 Å². The maximum absolute atomic E-state index is 13.8. The summed E-state index contributed by atoms with van der Waals surface area (Å²) in [5.74, 6) is -0.686. The summed E-state index contributed by atoms with van der Waals surface area (Å²) in [5, 5.41) is 47.9. The summed E-state index contributed by atoms with van der Waals surface area (Å²) in [4.78, 5) is 26.4. The quantitative estimate of drug-likeness (QED) is 0.234. The Balaban J connectivity index is 1.71. The van der Waals surface area contributed by atoms with Gasteiger partial charge in [0.05, 0.1) is 29.8 Å². The first-order valence-electron chi connectivity index (χ1n) is 17.3. The van der Waals surface area contributed by atoms with Gasteiger partial charge >= 0.3 is 5.97 Å². The molecule has 44 heavy (non-hydrogen) atoms. The molecule has 4 saturated carbocycles. The maximum Gasteiger partial charge on any atom is 0.303 e. The van der Waals surface area contributed by atoms with E-state index in [-0.39, 0.29) is 52.3 Å². The molecule has 0 saturated heterocycles. The SMILES string of the molecule is CCC(C)C(=O)C[C@@]12[C@H](CC(C)(C)[C@@H](O)[C@@H]1OC(C)=O)C1=CC[C@@H]3[C@@]4(C)CC[C@H](O)C(C)(C)C4CC[C@@]3(C)[C@]1(C)[C@@H](O)[C@H]2O. The molecule has 0 bridgehead atoms. The van der Waals surface area contributed by atoms with E-state index < -0.39 is 46.6 Å². The Morgan fingerprint density at radius 1 is 0.932 bits per heavy atom. The lowest BCUT2D eigenvalue weighted by atomic mass is 9.32. The predicted octanol–water partition coefficient (Wildman–Crippen LogP) is 5.61. The van der Waals surface area contributed by atoms with Crippen molar-refractivity contribution in [2.24, 2.45) is 56.2 Å². The van der Waals surface area contributed by atoms with E-state index in [1.165, 1.54) is 6.92 Å². The molecule has 7 heteroatoms. The maximum atomic E-state index is 13.8. The highest BCUT2D eigenvalue weighted by Gasteiger charge is 2.75. The van der Waals surface area contributed by atoms with Crippen molar-refractivity contribution in [3.63, 3.8) is 0 Å². The molecular formula is C37H60O7. The average molecular weight is 617 g/mol. The summed E-state index contributed by atoms with van der Waals surface area (Å²) in [6, 6.07) is 0. The number of hydrogen-bond acceptors (Lipinski definition) is 7. The van der Waals surface area contributed by atoms with Gasteiger partial charge in [-0.3, -0.25) is 9.59 Å².